The molecule has 1 aromatic heterocycles. The van der Waals surface area contributed by atoms with Gasteiger partial charge in [-0.3, -0.25) is 0 Å². The summed E-state index contributed by atoms with van der Waals surface area (Å²) in [6.45, 7) is 0.725. The number of nitrogens with zero attached hydrogens (tertiary/aromatic N) is 1. The van der Waals surface area contributed by atoms with Gasteiger partial charge in [-0.1, -0.05) is 12.1 Å². The van der Waals surface area contributed by atoms with Gasteiger partial charge in [-0.25, -0.2) is 4.98 Å². The first kappa shape index (κ1) is 9.93. The molecule has 3 nitrogen and oxygen atoms in total. The molecule has 0 aliphatic heterocycles. The van der Waals surface area contributed by atoms with Gasteiger partial charge in [-0.2, -0.15) is 0 Å². The lowest BCUT2D eigenvalue weighted by Crippen LogP contribution is -2.00. The second kappa shape index (κ2) is 4.75. The summed E-state index contributed by atoms with van der Waals surface area (Å²) in [5.74, 6) is 0.671. The molecule has 0 bridgehead atoms. The van der Waals surface area contributed by atoms with Crippen molar-refractivity contribution in [2.75, 3.05) is 6.54 Å². The Bertz CT molecular complexity index is 409. The molecule has 0 spiro atoms. The molecule has 1 heterocycles. The molecule has 15 heavy (non-hydrogen) atoms. The van der Waals surface area contributed by atoms with Crippen molar-refractivity contribution in [3.8, 4) is 11.5 Å². The number of benzene rings is 1. The second-order valence-electron chi connectivity index (χ2n) is 3.43. The Morgan fingerprint density at radius 3 is 3.00 bits per heavy atom. The van der Waals surface area contributed by atoms with Crippen molar-refractivity contribution in [2.24, 2.45) is 5.73 Å². The largest absolute Gasteiger partial charge is 0.445 e. The average Bonchev–Trinajstić information content (AvgIpc) is 2.80. The first-order valence-electron chi connectivity index (χ1n) is 5.09. The smallest absolute Gasteiger partial charge is 0.225 e. The Balaban J connectivity index is 2.19. The lowest BCUT2D eigenvalue weighted by atomic mass is 10.1. The number of oxazole rings is 1. The van der Waals surface area contributed by atoms with Crippen LogP contribution in [0.25, 0.3) is 11.5 Å². The van der Waals surface area contributed by atoms with E-state index in [0.717, 1.165) is 24.9 Å². The predicted molar refractivity (Wildman–Crippen MR) is 59.3 cm³/mol. The fourth-order valence-corrected chi connectivity index (χ4v) is 1.53. The van der Waals surface area contributed by atoms with Crippen LogP contribution in [-0.4, -0.2) is 11.5 Å². The third-order valence-corrected chi connectivity index (χ3v) is 2.28. The van der Waals surface area contributed by atoms with E-state index in [1.807, 2.05) is 12.1 Å². The molecule has 0 aliphatic carbocycles. The maximum absolute atomic E-state index is 5.48. The van der Waals surface area contributed by atoms with Crippen LogP contribution in [0.15, 0.2) is 41.1 Å². The zero-order chi connectivity index (χ0) is 10.5. The topological polar surface area (TPSA) is 52.0 Å². The molecule has 0 unspecified atom stereocenters. The SMILES string of the molecule is NCCCc1cccc(-c2ncco2)c1. The fourth-order valence-electron chi connectivity index (χ4n) is 1.53. The van der Waals surface area contributed by atoms with E-state index >= 15 is 0 Å². The summed E-state index contributed by atoms with van der Waals surface area (Å²) in [6.07, 6.45) is 5.25. The highest BCUT2D eigenvalue weighted by molar-refractivity contribution is 5.53. The van der Waals surface area contributed by atoms with Crippen LogP contribution in [0.5, 0.6) is 0 Å². The van der Waals surface area contributed by atoms with E-state index in [9.17, 15) is 0 Å². The van der Waals surface area contributed by atoms with E-state index < -0.39 is 0 Å². The molecular weight excluding hydrogens is 188 g/mol. The summed E-state index contributed by atoms with van der Waals surface area (Å²) in [6, 6.07) is 8.22. The van der Waals surface area contributed by atoms with E-state index in [1.165, 1.54) is 5.56 Å². The van der Waals surface area contributed by atoms with Crippen LogP contribution >= 0.6 is 0 Å². The molecule has 0 saturated heterocycles. The summed E-state index contributed by atoms with van der Waals surface area (Å²) in [7, 11) is 0. The maximum Gasteiger partial charge on any atom is 0.225 e. The van der Waals surface area contributed by atoms with Crippen molar-refractivity contribution in [3.05, 3.63) is 42.3 Å². The molecule has 78 valence electrons. The van der Waals surface area contributed by atoms with Gasteiger partial charge in [-0.05, 0) is 37.1 Å². The molecule has 2 N–H and O–H groups in total. The van der Waals surface area contributed by atoms with Gasteiger partial charge in [0.25, 0.3) is 0 Å². The maximum atomic E-state index is 5.48. The summed E-state index contributed by atoms with van der Waals surface area (Å²) in [5.41, 5.74) is 7.78. The average molecular weight is 202 g/mol. The molecule has 0 atom stereocenters. The number of aryl methyl sites for hydroxylation is 1. The van der Waals surface area contributed by atoms with E-state index in [1.54, 1.807) is 12.5 Å². The number of hydrogen-bond acceptors (Lipinski definition) is 3. The molecule has 0 amide bonds. The highest BCUT2D eigenvalue weighted by Gasteiger charge is 2.02. The van der Waals surface area contributed by atoms with Crippen LogP contribution in [0.4, 0.5) is 0 Å². The Morgan fingerprint density at radius 2 is 2.27 bits per heavy atom. The van der Waals surface area contributed by atoms with Crippen LogP contribution in [0, 0.1) is 0 Å². The van der Waals surface area contributed by atoms with Crippen molar-refractivity contribution in [1.82, 2.24) is 4.98 Å². The third kappa shape index (κ3) is 2.44. The Kier molecular flexibility index (Phi) is 3.15. The van der Waals surface area contributed by atoms with Crippen LogP contribution in [0.3, 0.4) is 0 Å². The summed E-state index contributed by atoms with van der Waals surface area (Å²) in [5, 5.41) is 0. The van der Waals surface area contributed by atoms with E-state index in [0.29, 0.717) is 5.89 Å². The monoisotopic (exact) mass is 202 g/mol. The van der Waals surface area contributed by atoms with Gasteiger partial charge in [0.1, 0.15) is 6.26 Å². The minimum absolute atomic E-state index is 0.671. The first-order chi connectivity index (χ1) is 7.40. The minimum Gasteiger partial charge on any atom is -0.445 e. The number of rotatable bonds is 4. The second-order valence-corrected chi connectivity index (χ2v) is 3.43. The minimum atomic E-state index is 0.671. The lowest BCUT2D eigenvalue weighted by molar-refractivity contribution is 0.574. The molecule has 3 heteroatoms. The zero-order valence-corrected chi connectivity index (χ0v) is 8.52. The van der Waals surface area contributed by atoms with Crippen LogP contribution in [-0.2, 0) is 6.42 Å². The van der Waals surface area contributed by atoms with Crippen molar-refractivity contribution in [1.29, 1.82) is 0 Å². The molecule has 2 aromatic rings. The van der Waals surface area contributed by atoms with Crippen molar-refractivity contribution < 1.29 is 4.42 Å². The van der Waals surface area contributed by atoms with Gasteiger partial charge in [0.2, 0.25) is 5.89 Å². The fraction of sp³-hybridized carbons (Fsp3) is 0.250. The van der Waals surface area contributed by atoms with Gasteiger partial charge in [0, 0.05) is 5.56 Å². The lowest BCUT2D eigenvalue weighted by Gasteiger charge is -2.01. The van der Waals surface area contributed by atoms with Gasteiger partial charge in [0.05, 0.1) is 6.20 Å². The Hall–Kier alpha value is -1.61. The van der Waals surface area contributed by atoms with Gasteiger partial charge in [-0.15, -0.1) is 0 Å². The zero-order valence-electron chi connectivity index (χ0n) is 8.52. The van der Waals surface area contributed by atoms with Crippen molar-refractivity contribution in [3.63, 3.8) is 0 Å². The number of nitrogens with two attached hydrogens (primary N) is 1. The van der Waals surface area contributed by atoms with E-state index in [2.05, 4.69) is 17.1 Å². The predicted octanol–water partition coefficient (Wildman–Crippen LogP) is 2.23. The standard InChI is InChI=1S/C12H14N2O/c13-6-2-4-10-3-1-5-11(9-10)12-14-7-8-15-12/h1,3,5,7-9H,2,4,6,13H2. The Labute approximate surface area is 88.9 Å². The molecule has 0 aliphatic rings. The van der Waals surface area contributed by atoms with Crippen LogP contribution in [0.2, 0.25) is 0 Å². The van der Waals surface area contributed by atoms with Gasteiger partial charge < -0.3 is 10.2 Å². The van der Waals surface area contributed by atoms with Gasteiger partial charge in [0.15, 0.2) is 0 Å². The van der Waals surface area contributed by atoms with Crippen LogP contribution in [0.1, 0.15) is 12.0 Å². The Morgan fingerprint density at radius 1 is 1.33 bits per heavy atom. The number of aromatic nitrogens is 1. The van der Waals surface area contributed by atoms with Crippen molar-refractivity contribution in [2.45, 2.75) is 12.8 Å². The summed E-state index contributed by atoms with van der Waals surface area (Å²) in [4.78, 5) is 4.12. The molecule has 1 aromatic carbocycles. The summed E-state index contributed by atoms with van der Waals surface area (Å²) < 4.78 is 5.24. The molecule has 2 rings (SSSR count). The summed E-state index contributed by atoms with van der Waals surface area (Å²) >= 11 is 0. The highest BCUT2D eigenvalue weighted by atomic mass is 16.3. The normalized spacial score (nSPS) is 10.5. The highest BCUT2D eigenvalue weighted by Crippen LogP contribution is 2.18. The quantitative estimate of drug-likeness (QED) is 0.827. The molecule has 0 saturated carbocycles. The van der Waals surface area contributed by atoms with E-state index in [-0.39, 0.29) is 0 Å². The third-order valence-electron chi connectivity index (χ3n) is 2.28. The van der Waals surface area contributed by atoms with Crippen molar-refractivity contribution >= 4 is 0 Å². The van der Waals surface area contributed by atoms with Crippen LogP contribution < -0.4 is 5.73 Å². The molecular formula is C12H14N2O. The first-order valence-corrected chi connectivity index (χ1v) is 5.09. The molecule has 0 radical (unpaired) electrons. The van der Waals surface area contributed by atoms with E-state index in [4.69, 9.17) is 10.2 Å². The van der Waals surface area contributed by atoms with Gasteiger partial charge >= 0.3 is 0 Å². The number of hydrogen-bond donors (Lipinski definition) is 1. The molecule has 0 fully saturated rings.